The second kappa shape index (κ2) is 9.69. The lowest BCUT2D eigenvalue weighted by atomic mass is 10.1. The number of halogens is 1. The molecular weight excluding hydrogens is 460 g/mol. The molecule has 0 saturated carbocycles. The van der Waals surface area contributed by atoms with Crippen molar-refractivity contribution < 1.29 is 9.53 Å². The normalized spacial score (nSPS) is 11.1. The maximum atomic E-state index is 12.7. The van der Waals surface area contributed by atoms with E-state index in [2.05, 4.69) is 11.9 Å². The van der Waals surface area contributed by atoms with E-state index >= 15 is 0 Å². The number of carbonyl (C=O) groups is 1. The predicted molar refractivity (Wildman–Crippen MR) is 127 cm³/mol. The molecule has 0 atom stereocenters. The predicted octanol–water partition coefficient (Wildman–Crippen LogP) is 5.84. The molecule has 0 aliphatic carbocycles. The number of rotatable bonds is 4. The van der Waals surface area contributed by atoms with Gasteiger partial charge in [-0.25, -0.2) is 0 Å². The Hall–Kier alpha value is -2.96. The van der Waals surface area contributed by atoms with Crippen LogP contribution in [-0.2, 0) is 0 Å². The van der Waals surface area contributed by atoms with Gasteiger partial charge in [0, 0.05) is 16.1 Å². The van der Waals surface area contributed by atoms with E-state index in [4.69, 9.17) is 4.74 Å². The van der Waals surface area contributed by atoms with Crippen LogP contribution >= 0.6 is 28.3 Å². The summed E-state index contributed by atoms with van der Waals surface area (Å²) in [6, 6.07) is 27.0. The Labute approximate surface area is 189 Å². The highest BCUT2D eigenvalue weighted by atomic mass is 79.9. The molecule has 4 aromatic rings. The van der Waals surface area contributed by atoms with Crippen LogP contribution in [-0.4, -0.2) is 17.6 Å². The molecule has 0 radical (unpaired) electrons. The Bertz CT molecular complexity index is 1200. The van der Waals surface area contributed by atoms with Crippen molar-refractivity contribution in [3.8, 4) is 22.7 Å². The van der Waals surface area contributed by atoms with Gasteiger partial charge in [-0.15, -0.1) is 28.3 Å². The van der Waals surface area contributed by atoms with Crippen LogP contribution in [0.5, 0.6) is 5.75 Å². The lowest BCUT2D eigenvalue weighted by Crippen LogP contribution is -2.16. The van der Waals surface area contributed by atoms with E-state index in [1.807, 2.05) is 77.4 Å². The molecule has 4 rings (SSSR count). The van der Waals surface area contributed by atoms with Crippen LogP contribution in [0.15, 0.2) is 89.9 Å². The Balaban J connectivity index is 0.00000256. The van der Waals surface area contributed by atoms with Crippen molar-refractivity contribution in [2.24, 2.45) is 4.99 Å². The summed E-state index contributed by atoms with van der Waals surface area (Å²) >= 11 is 1.51. The van der Waals surface area contributed by atoms with E-state index in [-0.39, 0.29) is 22.9 Å². The van der Waals surface area contributed by atoms with Crippen molar-refractivity contribution in [3.63, 3.8) is 0 Å². The molecule has 0 aliphatic heterocycles. The Morgan fingerprint density at radius 1 is 0.900 bits per heavy atom. The van der Waals surface area contributed by atoms with Gasteiger partial charge in [-0.3, -0.25) is 9.36 Å². The van der Waals surface area contributed by atoms with E-state index < -0.39 is 0 Å². The van der Waals surface area contributed by atoms with E-state index in [1.165, 1.54) is 11.3 Å². The lowest BCUT2D eigenvalue weighted by Gasteiger charge is -2.11. The summed E-state index contributed by atoms with van der Waals surface area (Å²) in [5.41, 5.74) is 3.59. The SMILES string of the molecule is Br.COc1ccc(-c2c(C)sc(=NC(=O)c3ccccc3)n2-c2ccccc2)cc1. The number of nitrogens with zero attached hydrogens (tertiary/aromatic N) is 2. The highest BCUT2D eigenvalue weighted by Gasteiger charge is 2.15. The van der Waals surface area contributed by atoms with Crippen LogP contribution in [0.1, 0.15) is 15.2 Å². The molecule has 30 heavy (non-hydrogen) atoms. The Morgan fingerprint density at radius 2 is 1.50 bits per heavy atom. The monoisotopic (exact) mass is 480 g/mol. The van der Waals surface area contributed by atoms with Crippen molar-refractivity contribution in [2.75, 3.05) is 7.11 Å². The maximum Gasteiger partial charge on any atom is 0.279 e. The standard InChI is InChI=1S/C24H20N2O2S.BrH/c1-17-22(18-13-15-21(28-2)16-14-18)26(20-11-7-4-8-12-20)24(29-17)25-23(27)19-9-5-3-6-10-19;/h3-16H,1-2H3;1H. The fraction of sp³-hybridized carbons (Fsp3) is 0.0833. The number of aryl methyl sites for hydroxylation is 1. The third-order valence-electron chi connectivity index (χ3n) is 4.59. The Kier molecular flexibility index (Phi) is 7.03. The van der Waals surface area contributed by atoms with Gasteiger partial charge in [0.25, 0.3) is 5.91 Å². The number of aromatic nitrogens is 1. The fourth-order valence-electron chi connectivity index (χ4n) is 3.19. The van der Waals surface area contributed by atoms with Gasteiger partial charge in [-0.1, -0.05) is 36.4 Å². The molecule has 3 aromatic carbocycles. The van der Waals surface area contributed by atoms with Crippen LogP contribution in [0, 0.1) is 6.92 Å². The molecule has 0 saturated heterocycles. The van der Waals surface area contributed by atoms with Crippen LogP contribution < -0.4 is 9.54 Å². The summed E-state index contributed by atoms with van der Waals surface area (Å²) in [4.78, 5) is 18.9. The maximum absolute atomic E-state index is 12.7. The fourth-order valence-corrected chi connectivity index (χ4v) is 4.18. The van der Waals surface area contributed by atoms with Crippen LogP contribution in [0.25, 0.3) is 16.9 Å². The van der Waals surface area contributed by atoms with Gasteiger partial charge in [-0.2, -0.15) is 4.99 Å². The van der Waals surface area contributed by atoms with E-state index in [0.29, 0.717) is 10.4 Å². The number of methoxy groups -OCH3 is 1. The molecule has 0 bridgehead atoms. The molecule has 0 fully saturated rings. The van der Waals surface area contributed by atoms with Crippen molar-refractivity contribution in [3.05, 3.63) is 100 Å². The highest BCUT2D eigenvalue weighted by molar-refractivity contribution is 8.93. The molecule has 6 heteroatoms. The molecule has 152 valence electrons. The van der Waals surface area contributed by atoms with Gasteiger partial charge in [0.05, 0.1) is 12.8 Å². The number of carbonyl (C=O) groups excluding carboxylic acids is 1. The zero-order valence-electron chi connectivity index (χ0n) is 16.6. The summed E-state index contributed by atoms with van der Waals surface area (Å²) < 4.78 is 7.33. The van der Waals surface area contributed by atoms with Crippen molar-refractivity contribution >= 4 is 34.2 Å². The largest absolute Gasteiger partial charge is 0.497 e. The summed E-state index contributed by atoms with van der Waals surface area (Å²) in [6.07, 6.45) is 0. The second-order valence-corrected chi connectivity index (χ2v) is 7.65. The second-order valence-electron chi connectivity index (χ2n) is 6.47. The van der Waals surface area contributed by atoms with Gasteiger partial charge in [0.15, 0.2) is 4.80 Å². The first-order valence-electron chi connectivity index (χ1n) is 9.24. The third-order valence-corrected chi connectivity index (χ3v) is 5.54. The molecule has 1 aromatic heterocycles. The first-order chi connectivity index (χ1) is 14.2. The quantitative estimate of drug-likeness (QED) is 0.368. The van der Waals surface area contributed by atoms with Crippen molar-refractivity contribution in [1.29, 1.82) is 0 Å². The van der Waals surface area contributed by atoms with E-state index in [1.54, 1.807) is 19.2 Å². The minimum atomic E-state index is -0.252. The average molecular weight is 481 g/mol. The first kappa shape index (κ1) is 21.7. The van der Waals surface area contributed by atoms with Crippen molar-refractivity contribution in [2.45, 2.75) is 6.92 Å². The first-order valence-corrected chi connectivity index (χ1v) is 10.1. The van der Waals surface area contributed by atoms with Crippen LogP contribution in [0.2, 0.25) is 0 Å². The highest BCUT2D eigenvalue weighted by Crippen LogP contribution is 2.29. The molecular formula is C24H21BrN2O2S. The Morgan fingerprint density at radius 3 is 2.10 bits per heavy atom. The van der Waals surface area contributed by atoms with Crippen molar-refractivity contribution in [1.82, 2.24) is 4.57 Å². The van der Waals surface area contributed by atoms with Gasteiger partial charge >= 0.3 is 0 Å². The average Bonchev–Trinajstić information content (AvgIpc) is 3.10. The van der Waals surface area contributed by atoms with Gasteiger partial charge < -0.3 is 4.74 Å². The molecule has 0 unspecified atom stereocenters. The minimum absolute atomic E-state index is 0. The number of amides is 1. The molecule has 1 amide bonds. The number of thiazole rings is 1. The lowest BCUT2D eigenvalue weighted by molar-refractivity contribution is 0.0998. The van der Waals surface area contributed by atoms with Gasteiger partial charge in [-0.05, 0) is 61.0 Å². The van der Waals surface area contributed by atoms with E-state index in [0.717, 1.165) is 27.6 Å². The number of ether oxygens (including phenoxy) is 1. The summed E-state index contributed by atoms with van der Waals surface area (Å²) in [7, 11) is 1.65. The van der Waals surface area contributed by atoms with E-state index in [9.17, 15) is 4.79 Å². The molecule has 0 spiro atoms. The van der Waals surface area contributed by atoms with Gasteiger partial charge in [0.2, 0.25) is 0 Å². The molecule has 1 heterocycles. The third kappa shape index (κ3) is 4.45. The van der Waals surface area contributed by atoms with Crippen LogP contribution in [0.4, 0.5) is 0 Å². The number of hydrogen-bond donors (Lipinski definition) is 0. The summed E-state index contributed by atoms with van der Waals surface area (Å²) in [5.74, 6) is 0.551. The molecule has 0 aliphatic rings. The molecule has 0 N–H and O–H groups in total. The van der Waals surface area contributed by atoms with Gasteiger partial charge in [0.1, 0.15) is 5.75 Å². The summed E-state index contributed by atoms with van der Waals surface area (Å²) in [5, 5.41) is 0. The summed E-state index contributed by atoms with van der Waals surface area (Å²) in [6.45, 7) is 2.05. The minimum Gasteiger partial charge on any atom is -0.497 e. The number of benzene rings is 3. The molecule has 4 nitrogen and oxygen atoms in total. The topological polar surface area (TPSA) is 43.6 Å². The zero-order valence-corrected chi connectivity index (χ0v) is 19.1. The number of para-hydroxylation sites is 1. The smallest absolute Gasteiger partial charge is 0.279 e. The van der Waals surface area contributed by atoms with Crippen LogP contribution in [0.3, 0.4) is 0 Å². The number of hydrogen-bond acceptors (Lipinski definition) is 3. The zero-order chi connectivity index (χ0) is 20.2.